The molecule has 108 valence electrons. The maximum absolute atomic E-state index is 12.2. The van der Waals surface area contributed by atoms with E-state index in [1.165, 1.54) is 23.1 Å². The van der Waals surface area contributed by atoms with E-state index in [2.05, 4.69) is 34.5 Å². The Morgan fingerprint density at radius 2 is 2.35 bits per heavy atom. The van der Waals surface area contributed by atoms with Gasteiger partial charge in [-0.2, -0.15) is 5.10 Å². The van der Waals surface area contributed by atoms with Gasteiger partial charge in [0.2, 0.25) is 5.91 Å². The lowest BCUT2D eigenvalue weighted by molar-refractivity contribution is -0.115. The Bertz CT molecular complexity index is 554. The maximum Gasteiger partial charge on any atom is 0.238 e. The second-order valence-electron chi connectivity index (χ2n) is 4.37. The first kappa shape index (κ1) is 15.0. The Kier molecular flexibility index (Phi) is 5.13. The van der Waals surface area contributed by atoms with Gasteiger partial charge in [-0.05, 0) is 20.3 Å². The first-order valence-corrected chi connectivity index (χ1v) is 8.15. The Balaban J connectivity index is 1.99. The number of nitrogens with one attached hydrogen (secondary N) is 1. The minimum atomic E-state index is -0.233. The molecule has 0 bridgehead atoms. The first-order chi connectivity index (χ1) is 9.61. The van der Waals surface area contributed by atoms with Crippen LogP contribution in [0.4, 0.5) is 5.82 Å². The fourth-order valence-corrected chi connectivity index (χ4v) is 3.21. The summed E-state index contributed by atoms with van der Waals surface area (Å²) in [5, 5.41) is 14.6. The highest BCUT2D eigenvalue weighted by Gasteiger charge is 2.18. The number of amides is 1. The van der Waals surface area contributed by atoms with Crippen molar-refractivity contribution in [1.82, 2.24) is 20.0 Å². The Labute approximate surface area is 126 Å². The molecule has 0 saturated carbocycles. The molecule has 2 heterocycles. The zero-order valence-electron chi connectivity index (χ0n) is 11.6. The molecule has 0 unspecified atom stereocenters. The molecule has 0 aromatic carbocycles. The summed E-state index contributed by atoms with van der Waals surface area (Å²) in [7, 11) is 0. The van der Waals surface area contributed by atoms with Crippen LogP contribution < -0.4 is 5.32 Å². The molecule has 0 aliphatic carbocycles. The maximum atomic E-state index is 12.2. The molecule has 2 aromatic heterocycles. The zero-order chi connectivity index (χ0) is 14.5. The van der Waals surface area contributed by atoms with Gasteiger partial charge in [-0.25, -0.2) is 4.68 Å². The predicted octanol–water partition coefficient (Wildman–Crippen LogP) is 2.82. The molecule has 20 heavy (non-hydrogen) atoms. The van der Waals surface area contributed by atoms with Crippen molar-refractivity contribution in [2.75, 3.05) is 5.32 Å². The van der Waals surface area contributed by atoms with Gasteiger partial charge >= 0.3 is 0 Å². The van der Waals surface area contributed by atoms with Gasteiger partial charge in [-0.15, -0.1) is 10.2 Å². The summed E-state index contributed by atoms with van der Waals surface area (Å²) in [5.41, 5.74) is 1.66. The summed E-state index contributed by atoms with van der Waals surface area (Å²) in [6, 6.07) is 2.07. The van der Waals surface area contributed by atoms with Crippen LogP contribution in [0.1, 0.15) is 33.2 Å². The average molecular weight is 311 g/mol. The highest BCUT2D eigenvalue weighted by atomic mass is 32.2. The lowest BCUT2D eigenvalue weighted by Crippen LogP contribution is -2.24. The lowest BCUT2D eigenvalue weighted by Gasteiger charge is -2.15. The van der Waals surface area contributed by atoms with Crippen LogP contribution in [0.5, 0.6) is 0 Å². The van der Waals surface area contributed by atoms with E-state index >= 15 is 0 Å². The van der Waals surface area contributed by atoms with E-state index in [4.69, 9.17) is 0 Å². The van der Waals surface area contributed by atoms with Crippen LogP contribution in [0.25, 0.3) is 0 Å². The van der Waals surface area contributed by atoms with Crippen molar-refractivity contribution in [2.45, 2.75) is 42.8 Å². The molecular weight excluding hydrogens is 294 g/mol. The molecule has 1 N–H and O–H groups in total. The lowest BCUT2D eigenvalue weighted by atomic mass is 10.3. The van der Waals surface area contributed by atoms with Crippen molar-refractivity contribution in [2.24, 2.45) is 0 Å². The number of hydrogen-bond acceptors (Lipinski definition) is 6. The molecule has 6 nitrogen and oxygen atoms in total. The van der Waals surface area contributed by atoms with Crippen LogP contribution in [-0.2, 0) is 4.79 Å². The Morgan fingerprint density at radius 3 is 3.00 bits per heavy atom. The van der Waals surface area contributed by atoms with Crippen molar-refractivity contribution in [3.63, 3.8) is 0 Å². The zero-order valence-corrected chi connectivity index (χ0v) is 13.2. The molecule has 0 fully saturated rings. The third-order valence-corrected chi connectivity index (χ3v) is 4.83. The summed E-state index contributed by atoms with van der Waals surface area (Å²) in [6.45, 7) is 6.01. The van der Waals surface area contributed by atoms with Crippen LogP contribution in [0, 0.1) is 0 Å². The predicted molar refractivity (Wildman–Crippen MR) is 81.1 cm³/mol. The number of anilines is 1. The van der Waals surface area contributed by atoms with E-state index in [-0.39, 0.29) is 17.2 Å². The number of nitrogens with zero attached hydrogens (tertiary/aromatic N) is 4. The average Bonchev–Trinajstić information content (AvgIpc) is 3.09. The summed E-state index contributed by atoms with van der Waals surface area (Å²) in [5.74, 6) is 0.671. The van der Waals surface area contributed by atoms with E-state index in [0.29, 0.717) is 0 Å². The van der Waals surface area contributed by atoms with Crippen LogP contribution in [0.15, 0.2) is 22.1 Å². The Morgan fingerprint density at radius 1 is 1.55 bits per heavy atom. The van der Waals surface area contributed by atoms with Crippen molar-refractivity contribution < 1.29 is 4.79 Å². The van der Waals surface area contributed by atoms with Crippen LogP contribution in [-0.4, -0.2) is 31.1 Å². The smallest absolute Gasteiger partial charge is 0.238 e. The van der Waals surface area contributed by atoms with E-state index in [0.717, 1.165) is 16.6 Å². The van der Waals surface area contributed by atoms with Gasteiger partial charge in [0.25, 0.3) is 0 Å². The molecule has 2 rings (SSSR count). The third kappa shape index (κ3) is 3.57. The van der Waals surface area contributed by atoms with Gasteiger partial charge in [0.05, 0.1) is 17.5 Å². The largest absolute Gasteiger partial charge is 0.310 e. The van der Waals surface area contributed by atoms with Gasteiger partial charge in [-0.1, -0.05) is 30.0 Å². The summed E-state index contributed by atoms with van der Waals surface area (Å²) in [4.78, 5) is 12.2. The highest BCUT2D eigenvalue weighted by Crippen LogP contribution is 2.25. The molecule has 0 spiro atoms. The van der Waals surface area contributed by atoms with Crippen molar-refractivity contribution in [3.8, 4) is 0 Å². The van der Waals surface area contributed by atoms with E-state index in [1.54, 1.807) is 11.7 Å². The number of hydrogen-bond donors (Lipinski definition) is 1. The molecule has 1 amide bonds. The number of carbonyl (C=O) groups excluding carboxylic acids is 1. The van der Waals surface area contributed by atoms with Crippen LogP contribution in [0.3, 0.4) is 0 Å². The molecule has 0 aliphatic heterocycles. The summed E-state index contributed by atoms with van der Waals surface area (Å²) >= 11 is 2.83. The van der Waals surface area contributed by atoms with Gasteiger partial charge in [0, 0.05) is 6.07 Å². The first-order valence-electron chi connectivity index (χ1n) is 6.39. The SMILES string of the molecule is CC[C@H](C)n1nccc1NC(=O)[C@@H](C)Sc1nncs1. The monoisotopic (exact) mass is 311 g/mol. The minimum absolute atomic E-state index is 0.0600. The second kappa shape index (κ2) is 6.85. The highest BCUT2D eigenvalue weighted by molar-refractivity contribution is 8.02. The molecule has 0 saturated heterocycles. The summed E-state index contributed by atoms with van der Waals surface area (Å²) < 4.78 is 2.63. The molecule has 2 atom stereocenters. The number of thioether (sulfide) groups is 1. The van der Waals surface area contributed by atoms with Gasteiger partial charge in [-0.3, -0.25) is 4.79 Å². The van der Waals surface area contributed by atoms with E-state index in [1.807, 2.05) is 17.7 Å². The number of rotatable bonds is 6. The fraction of sp³-hybridized carbons (Fsp3) is 0.500. The quantitative estimate of drug-likeness (QED) is 0.830. The molecule has 2 aromatic rings. The normalized spacial score (nSPS) is 13.9. The standard InChI is InChI=1S/C12H17N5OS2/c1-4-8(2)17-10(5-6-14-17)15-11(18)9(3)20-12-16-13-7-19-12/h5-9H,4H2,1-3H3,(H,15,18)/t8-,9+/m0/s1. The van der Waals surface area contributed by atoms with Gasteiger partial charge in [0.1, 0.15) is 11.3 Å². The van der Waals surface area contributed by atoms with Crippen LogP contribution >= 0.6 is 23.1 Å². The van der Waals surface area contributed by atoms with Crippen LogP contribution in [0.2, 0.25) is 0 Å². The molecule has 0 radical (unpaired) electrons. The fourth-order valence-electron chi connectivity index (χ4n) is 1.58. The third-order valence-electron chi connectivity index (χ3n) is 2.92. The topological polar surface area (TPSA) is 72.7 Å². The van der Waals surface area contributed by atoms with Crippen molar-refractivity contribution in [3.05, 3.63) is 17.8 Å². The van der Waals surface area contributed by atoms with E-state index < -0.39 is 0 Å². The second-order valence-corrected chi connectivity index (χ2v) is 6.79. The Hall–Kier alpha value is -1.41. The molecular formula is C12H17N5OS2. The van der Waals surface area contributed by atoms with Crippen molar-refractivity contribution in [1.29, 1.82) is 0 Å². The molecule has 8 heteroatoms. The minimum Gasteiger partial charge on any atom is -0.310 e. The number of aromatic nitrogens is 4. The molecule has 0 aliphatic rings. The summed E-state index contributed by atoms with van der Waals surface area (Å²) in [6.07, 6.45) is 2.66. The van der Waals surface area contributed by atoms with E-state index in [9.17, 15) is 4.79 Å². The van der Waals surface area contributed by atoms with Gasteiger partial charge in [0.15, 0.2) is 4.34 Å². The van der Waals surface area contributed by atoms with Gasteiger partial charge < -0.3 is 5.32 Å². The van der Waals surface area contributed by atoms with Crippen molar-refractivity contribution >= 4 is 34.8 Å². The number of carbonyl (C=O) groups is 1.